The number of carbonyl (C=O) groups is 1. The van der Waals surface area contributed by atoms with E-state index in [1.807, 2.05) is 25.1 Å². The zero-order chi connectivity index (χ0) is 21.0. The van der Waals surface area contributed by atoms with E-state index >= 15 is 0 Å². The first kappa shape index (κ1) is 19.2. The maximum Gasteiger partial charge on any atom is 0.233 e. The fourth-order valence-electron chi connectivity index (χ4n) is 4.57. The van der Waals surface area contributed by atoms with Crippen LogP contribution >= 0.6 is 23.2 Å². The lowest BCUT2D eigenvalue weighted by Crippen LogP contribution is -2.29. The van der Waals surface area contributed by atoms with Crippen LogP contribution in [0.15, 0.2) is 58.3 Å². The van der Waals surface area contributed by atoms with Crippen LogP contribution in [0.25, 0.3) is 0 Å². The smallest absolute Gasteiger partial charge is 0.233 e. The average molecular weight is 441 g/mol. The van der Waals surface area contributed by atoms with E-state index in [0.29, 0.717) is 40.0 Å². The third-order valence-electron chi connectivity index (χ3n) is 5.91. The number of hydrogen-bond donors (Lipinski definition) is 2. The number of hydrogen-bond acceptors (Lipinski definition) is 5. The number of benzene rings is 2. The molecule has 0 fully saturated rings. The van der Waals surface area contributed by atoms with Crippen LogP contribution in [0, 0.1) is 6.92 Å². The molecule has 30 heavy (non-hydrogen) atoms. The van der Waals surface area contributed by atoms with Crippen LogP contribution in [0.4, 0.5) is 5.88 Å². The minimum absolute atomic E-state index is 0.0132. The maximum absolute atomic E-state index is 13.4. The van der Waals surface area contributed by atoms with E-state index in [1.54, 1.807) is 24.3 Å². The van der Waals surface area contributed by atoms with Crippen molar-refractivity contribution in [3.05, 3.63) is 86.2 Å². The number of allylic oxidation sites excluding steroid dienone is 2. The number of ketones is 1. The number of anilines is 1. The van der Waals surface area contributed by atoms with E-state index in [4.69, 9.17) is 27.7 Å². The van der Waals surface area contributed by atoms with Crippen LogP contribution in [0.2, 0.25) is 10.0 Å². The molecule has 2 aromatic carbocycles. The van der Waals surface area contributed by atoms with Gasteiger partial charge in [0.15, 0.2) is 5.78 Å². The Hall–Kier alpha value is -2.76. The van der Waals surface area contributed by atoms with E-state index in [9.17, 15) is 9.90 Å². The summed E-state index contributed by atoms with van der Waals surface area (Å²) in [7, 11) is 0. The molecule has 5 rings (SSSR count). The molecule has 0 saturated carbocycles. The number of para-hydroxylation sites is 1. The van der Waals surface area contributed by atoms with Crippen molar-refractivity contribution in [3.8, 4) is 5.75 Å². The zero-order valence-electron chi connectivity index (χ0n) is 16.1. The molecule has 152 valence electrons. The molecule has 0 spiro atoms. The third-order valence-corrected chi connectivity index (χ3v) is 6.47. The van der Waals surface area contributed by atoms with E-state index in [0.717, 1.165) is 22.4 Å². The monoisotopic (exact) mass is 440 g/mol. The minimum Gasteiger partial charge on any atom is -0.508 e. The highest BCUT2D eigenvalue weighted by atomic mass is 35.5. The minimum atomic E-state index is -0.384. The summed E-state index contributed by atoms with van der Waals surface area (Å²) in [5.41, 5.74) is 4.52. The Labute approximate surface area is 183 Å². The Morgan fingerprint density at radius 2 is 1.93 bits per heavy atom. The summed E-state index contributed by atoms with van der Waals surface area (Å²) in [4.78, 5) is 13.4. The van der Waals surface area contributed by atoms with Gasteiger partial charge in [-0.15, -0.1) is 0 Å². The number of rotatable bonds is 2. The number of carbonyl (C=O) groups excluding carboxylic acids is 1. The lowest BCUT2D eigenvalue weighted by molar-refractivity contribution is -0.116. The molecular weight excluding hydrogens is 423 g/mol. The van der Waals surface area contributed by atoms with Crippen LogP contribution in [0.1, 0.15) is 47.1 Å². The van der Waals surface area contributed by atoms with E-state index in [1.165, 1.54) is 0 Å². The summed E-state index contributed by atoms with van der Waals surface area (Å²) >= 11 is 12.7. The molecule has 1 aliphatic heterocycles. The highest BCUT2D eigenvalue weighted by Gasteiger charge is 2.42. The van der Waals surface area contributed by atoms with Crippen molar-refractivity contribution in [1.82, 2.24) is 5.16 Å². The number of nitrogens with one attached hydrogen (secondary N) is 1. The normalized spacial score (nSPS) is 20.6. The van der Waals surface area contributed by atoms with Crippen LogP contribution in [0.5, 0.6) is 5.75 Å². The Morgan fingerprint density at radius 3 is 2.70 bits per heavy atom. The van der Waals surface area contributed by atoms with Gasteiger partial charge in [0.1, 0.15) is 5.75 Å². The highest BCUT2D eigenvalue weighted by molar-refractivity contribution is 6.35. The van der Waals surface area contributed by atoms with Gasteiger partial charge in [0.05, 0.1) is 11.3 Å². The molecule has 2 N–H and O–H groups in total. The van der Waals surface area contributed by atoms with Gasteiger partial charge < -0.3 is 14.9 Å². The van der Waals surface area contributed by atoms with E-state index in [2.05, 4.69) is 10.5 Å². The van der Waals surface area contributed by atoms with E-state index in [-0.39, 0.29) is 23.4 Å². The topological polar surface area (TPSA) is 75.4 Å². The van der Waals surface area contributed by atoms with Gasteiger partial charge >= 0.3 is 0 Å². The molecule has 0 unspecified atom stereocenters. The lowest BCUT2D eigenvalue weighted by atomic mass is 9.72. The van der Waals surface area contributed by atoms with Crippen molar-refractivity contribution in [2.24, 2.45) is 0 Å². The van der Waals surface area contributed by atoms with Gasteiger partial charge in [-0.25, -0.2) is 0 Å². The predicted molar refractivity (Wildman–Crippen MR) is 115 cm³/mol. The number of aromatic hydroxyl groups is 1. The van der Waals surface area contributed by atoms with Gasteiger partial charge in [-0.3, -0.25) is 4.79 Å². The quantitative estimate of drug-likeness (QED) is 0.514. The van der Waals surface area contributed by atoms with Gasteiger partial charge in [-0.1, -0.05) is 52.6 Å². The molecule has 0 saturated heterocycles. The molecular formula is C23H18Cl2N2O3. The van der Waals surface area contributed by atoms with Crippen LogP contribution in [-0.4, -0.2) is 16.0 Å². The molecule has 0 bridgehead atoms. The molecule has 2 heterocycles. The van der Waals surface area contributed by atoms with Gasteiger partial charge in [0, 0.05) is 39.6 Å². The summed E-state index contributed by atoms with van der Waals surface area (Å²) in [5.74, 6) is 0.220. The third kappa shape index (κ3) is 3.01. The van der Waals surface area contributed by atoms with Crippen molar-refractivity contribution >= 4 is 34.9 Å². The van der Waals surface area contributed by atoms with Crippen molar-refractivity contribution < 1.29 is 14.4 Å². The van der Waals surface area contributed by atoms with Gasteiger partial charge in [-0.2, -0.15) is 0 Å². The fourth-order valence-corrected chi connectivity index (χ4v) is 5.09. The Bertz CT molecular complexity index is 1210. The highest BCUT2D eigenvalue weighted by Crippen LogP contribution is 2.51. The van der Waals surface area contributed by atoms with Crippen molar-refractivity contribution in [3.63, 3.8) is 0 Å². The van der Waals surface area contributed by atoms with Crippen molar-refractivity contribution in [2.45, 2.75) is 31.6 Å². The Kier molecular flexibility index (Phi) is 4.60. The number of phenolic OH excluding ortho intramolecular Hbond substituents is 1. The van der Waals surface area contributed by atoms with E-state index < -0.39 is 0 Å². The van der Waals surface area contributed by atoms with Crippen molar-refractivity contribution in [2.75, 3.05) is 5.32 Å². The number of phenols is 1. The second-order valence-electron chi connectivity index (χ2n) is 7.71. The first-order valence-corrected chi connectivity index (χ1v) is 10.4. The van der Waals surface area contributed by atoms with Crippen molar-refractivity contribution in [1.29, 1.82) is 0 Å². The van der Waals surface area contributed by atoms with Gasteiger partial charge in [-0.05, 0) is 42.7 Å². The van der Waals surface area contributed by atoms with Gasteiger partial charge in [0.2, 0.25) is 5.88 Å². The zero-order valence-corrected chi connectivity index (χ0v) is 17.6. The van der Waals surface area contributed by atoms with Crippen LogP contribution in [-0.2, 0) is 4.79 Å². The predicted octanol–water partition coefficient (Wildman–Crippen LogP) is 5.95. The second-order valence-corrected chi connectivity index (χ2v) is 8.56. The first-order chi connectivity index (χ1) is 14.4. The van der Waals surface area contributed by atoms with Crippen LogP contribution in [0.3, 0.4) is 0 Å². The number of nitrogens with zero attached hydrogens (tertiary/aromatic N) is 1. The fraction of sp³-hybridized carbons (Fsp3) is 0.217. The Morgan fingerprint density at radius 1 is 1.13 bits per heavy atom. The number of aromatic nitrogens is 1. The molecule has 7 heteroatoms. The summed E-state index contributed by atoms with van der Waals surface area (Å²) in [5, 5.41) is 18.7. The largest absolute Gasteiger partial charge is 0.508 e. The maximum atomic E-state index is 13.4. The van der Waals surface area contributed by atoms with Gasteiger partial charge in [0.25, 0.3) is 0 Å². The number of Topliss-reactive ketones (excluding diaryl/α,β-unsaturated/α-hetero) is 1. The average Bonchev–Trinajstić information content (AvgIpc) is 3.07. The molecule has 3 aromatic rings. The number of fused-ring (bicyclic) bond motifs is 1. The lowest BCUT2D eigenvalue weighted by Gasteiger charge is -2.34. The molecule has 2 aliphatic rings. The molecule has 2 atom stereocenters. The molecule has 1 aromatic heterocycles. The molecule has 5 nitrogen and oxygen atoms in total. The number of aryl methyl sites for hydroxylation is 1. The Balaban J connectivity index is 1.66. The second kappa shape index (κ2) is 7.18. The summed E-state index contributed by atoms with van der Waals surface area (Å²) in [6.07, 6.45) is 0.874. The molecule has 0 amide bonds. The summed E-state index contributed by atoms with van der Waals surface area (Å²) in [6.45, 7) is 1.85. The van der Waals surface area contributed by atoms with Crippen LogP contribution < -0.4 is 5.32 Å². The standard InChI is InChI=1S/C23H18Cl2N2O3/c1-11-20-21(15-7-6-13(24)10-16(15)25)22-17(26-23(20)30-27-11)8-12(9-19(22)29)14-4-2-3-5-18(14)28/h2-7,10,12,21,26,28H,8-9H2,1H3/t12-,21+/m0/s1. The molecule has 1 aliphatic carbocycles. The first-order valence-electron chi connectivity index (χ1n) is 9.66. The summed E-state index contributed by atoms with van der Waals surface area (Å²) in [6, 6.07) is 12.4. The number of halogens is 2. The SMILES string of the molecule is Cc1noc2c1[C@@H](c1ccc(Cl)cc1Cl)C1=C(C[C@H](c3ccccc3O)CC1=O)N2. The molecule has 0 radical (unpaired) electrons. The summed E-state index contributed by atoms with van der Waals surface area (Å²) < 4.78 is 5.53.